The van der Waals surface area contributed by atoms with E-state index in [1.807, 2.05) is 30.5 Å². The second-order valence-corrected chi connectivity index (χ2v) is 4.61. The molecule has 3 aromatic rings. The molecule has 0 amide bonds. The first-order valence-corrected chi connectivity index (χ1v) is 6.80. The molecule has 0 saturated carbocycles. The van der Waals surface area contributed by atoms with Crippen molar-refractivity contribution >= 4 is 16.6 Å². The molecule has 3 rings (SSSR count). The van der Waals surface area contributed by atoms with Gasteiger partial charge in [0.2, 0.25) is 0 Å². The first kappa shape index (κ1) is 12.5. The molecule has 4 heteroatoms. The van der Waals surface area contributed by atoms with Crippen LogP contribution in [0.25, 0.3) is 22.0 Å². The maximum absolute atomic E-state index is 4.38. The third-order valence-corrected chi connectivity index (χ3v) is 3.16. The third-order valence-electron chi connectivity index (χ3n) is 3.16. The van der Waals surface area contributed by atoms with Gasteiger partial charge in [0, 0.05) is 35.3 Å². The van der Waals surface area contributed by atoms with Crippen molar-refractivity contribution in [3.63, 3.8) is 0 Å². The van der Waals surface area contributed by atoms with Crippen LogP contribution in [0.4, 0.5) is 5.82 Å². The third kappa shape index (κ3) is 2.32. The summed E-state index contributed by atoms with van der Waals surface area (Å²) in [6, 6.07) is 12.1. The maximum atomic E-state index is 4.38. The number of nitrogens with one attached hydrogen (secondary N) is 1. The van der Waals surface area contributed by atoms with E-state index >= 15 is 0 Å². The van der Waals surface area contributed by atoms with Crippen molar-refractivity contribution in [2.24, 2.45) is 0 Å². The number of aromatic nitrogens is 3. The van der Waals surface area contributed by atoms with Gasteiger partial charge in [0.25, 0.3) is 0 Å². The highest BCUT2D eigenvalue weighted by atomic mass is 15.2. The van der Waals surface area contributed by atoms with Crippen LogP contribution >= 0.6 is 0 Å². The molecule has 0 atom stereocenters. The zero-order valence-corrected chi connectivity index (χ0v) is 11.4. The average Bonchev–Trinajstić information content (AvgIpc) is 2.53. The van der Waals surface area contributed by atoms with Crippen LogP contribution < -0.4 is 5.32 Å². The van der Waals surface area contributed by atoms with Crippen LogP contribution in [0.15, 0.2) is 48.8 Å². The summed E-state index contributed by atoms with van der Waals surface area (Å²) in [4.78, 5) is 4.16. The average molecular weight is 264 g/mol. The molecule has 0 saturated heterocycles. The quantitative estimate of drug-likeness (QED) is 0.783. The first-order valence-electron chi connectivity index (χ1n) is 6.80. The summed E-state index contributed by atoms with van der Waals surface area (Å²) >= 11 is 0. The van der Waals surface area contributed by atoms with Crippen LogP contribution in [0.5, 0.6) is 0 Å². The lowest BCUT2D eigenvalue weighted by molar-refractivity contribution is 0.952. The number of pyridine rings is 1. The van der Waals surface area contributed by atoms with Crippen molar-refractivity contribution in [3.05, 3.63) is 48.8 Å². The van der Waals surface area contributed by atoms with E-state index in [0.717, 1.165) is 40.8 Å². The van der Waals surface area contributed by atoms with Gasteiger partial charge in [-0.25, -0.2) is 0 Å². The molecule has 1 N–H and O–H groups in total. The second-order valence-electron chi connectivity index (χ2n) is 4.61. The summed E-state index contributed by atoms with van der Waals surface area (Å²) in [5, 5.41) is 14.2. The monoisotopic (exact) mass is 264 g/mol. The Labute approximate surface area is 117 Å². The molecule has 20 heavy (non-hydrogen) atoms. The number of hydrogen-bond donors (Lipinski definition) is 1. The van der Waals surface area contributed by atoms with Gasteiger partial charge in [-0.1, -0.05) is 31.2 Å². The summed E-state index contributed by atoms with van der Waals surface area (Å²) < 4.78 is 0. The van der Waals surface area contributed by atoms with Crippen LogP contribution in [0.1, 0.15) is 13.3 Å². The largest absolute Gasteiger partial charge is 0.368 e. The van der Waals surface area contributed by atoms with Gasteiger partial charge >= 0.3 is 0 Å². The molecular formula is C16H16N4. The molecular weight excluding hydrogens is 248 g/mol. The molecule has 0 unspecified atom stereocenters. The summed E-state index contributed by atoms with van der Waals surface area (Å²) in [5.74, 6) is 0.843. The van der Waals surface area contributed by atoms with E-state index in [0.29, 0.717) is 0 Å². The van der Waals surface area contributed by atoms with E-state index in [4.69, 9.17) is 0 Å². The predicted molar refractivity (Wildman–Crippen MR) is 81.5 cm³/mol. The Balaban J connectivity index is 2.16. The van der Waals surface area contributed by atoms with E-state index in [1.54, 1.807) is 6.20 Å². The van der Waals surface area contributed by atoms with Gasteiger partial charge in [-0.3, -0.25) is 4.98 Å². The zero-order valence-electron chi connectivity index (χ0n) is 11.4. The molecule has 4 nitrogen and oxygen atoms in total. The SMILES string of the molecule is CCCNc1nnc(-c2cccnc2)c2ccccc12. The number of anilines is 1. The van der Waals surface area contributed by atoms with Gasteiger partial charge < -0.3 is 5.32 Å². The van der Waals surface area contributed by atoms with E-state index < -0.39 is 0 Å². The van der Waals surface area contributed by atoms with Crippen molar-refractivity contribution in [2.75, 3.05) is 11.9 Å². The van der Waals surface area contributed by atoms with Crippen LogP contribution in [-0.4, -0.2) is 21.7 Å². The highest BCUT2D eigenvalue weighted by Crippen LogP contribution is 2.28. The van der Waals surface area contributed by atoms with Crippen LogP contribution in [0, 0.1) is 0 Å². The minimum Gasteiger partial charge on any atom is -0.368 e. The molecule has 100 valence electrons. The minimum atomic E-state index is 0.843. The lowest BCUT2D eigenvalue weighted by atomic mass is 10.1. The highest BCUT2D eigenvalue weighted by molar-refractivity contribution is 5.99. The van der Waals surface area contributed by atoms with E-state index in [-0.39, 0.29) is 0 Å². The smallest absolute Gasteiger partial charge is 0.156 e. The Kier molecular flexibility index (Phi) is 3.54. The van der Waals surface area contributed by atoms with Crippen molar-refractivity contribution in [1.82, 2.24) is 15.2 Å². The molecule has 0 fully saturated rings. The Morgan fingerprint density at radius 3 is 2.60 bits per heavy atom. The number of rotatable bonds is 4. The lowest BCUT2D eigenvalue weighted by Crippen LogP contribution is -2.04. The first-order chi connectivity index (χ1) is 9.90. The molecule has 0 spiro atoms. The zero-order chi connectivity index (χ0) is 13.8. The lowest BCUT2D eigenvalue weighted by Gasteiger charge is -2.10. The summed E-state index contributed by atoms with van der Waals surface area (Å²) in [5.41, 5.74) is 1.86. The molecule has 0 aliphatic heterocycles. The standard InChI is InChI=1S/C16H16N4/c1-2-9-18-16-14-8-4-3-7-13(14)15(19-20-16)12-6-5-10-17-11-12/h3-8,10-11H,2,9H2,1H3,(H,18,20). The Morgan fingerprint density at radius 1 is 1.00 bits per heavy atom. The summed E-state index contributed by atoms with van der Waals surface area (Å²) in [6.45, 7) is 3.03. The summed E-state index contributed by atoms with van der Waals surface area (Å²) in [7, 11) is 0. The van der Waals surface area contributed by atoms with Gasteiger partial charge in [-0.05, 0) is 18.6 Å². The number of hydrogen-bond acceptors (Lipinski definition) is 4. The van der Waals surface area contributed by atoms with Gasteiger partial charge in [0.15, 0.2) is 5.82 Å². The van der Waals surface area contributed by atoms with E-state index in [9.17, 15) is 0 Å². The summed E-state index contributed by atoms with van der Waals surface area (Å²) in [6.07, 6.45) is 4.63. The Morgan fingerprint density at radius 2 is 1.85 bits per heavy atom. The number of nitrogens with zero attached hydrogens (tertiary/aromatic N) is 3. The fourth-order valence-electron chi connectivity index (χ4n) is 2.19. The van der Waals surface area contributed by atoms with Crippen molar-refractivity contribution in [2.45, 2.75) is 13.3 Å². The highest BCUT2D eigenvalue weighted by Gasteiger charge is 2.10. The second kappa shape index (κ2) is 5.65. The van der Waals surface area contributed by atoms with Crippen molar-refractivity contribution < 1.29 is 0 Å². The van der Waals surface area contributed by atoms with E-state index in [1.165, 1.54) is 0 Å². The molecule has 0 aliphatic rings. The number of benzene rings is 1. The molecule has 0 aliphatic carbocycles. The Hall–Kier alpha value is -2.49. The maximum Gasteiger partial charge on any atom is 0.156 e. The van der Waals surface area contributed by atoms with Gasteiger partial charge in [0.05, 0.1) is 0 Å². The van der Waals surface area contributed by atoms with Crippen molar-refractivity contribution in [1.29, 1.82) is 0 Å². The normalized spacial score (nSPS) is 10.7. The molecule has 1 aromatic carbocycles. The number of fused-ring (bicyclic) bond motifs is 1. The van der Waals surface area contributed by atoms with E-state index in [2.05, 4.69) is 39.6 Å². The van der Waals surface area contributed by atoms with Crippen LogP contribution in [0.3, 0.4) is 0 Å². The van der Waals surface area contributed by atoms with Crippen molar-refractivity contribution in [3.8, 4) is 11.3 Å². The van der Waals surface area contributed by atoms with Gasteiger partial charge in [-0.2, -0.15) is 0 Å². The molecule has 2 heterocycles. The Bertz CT molecular complexity index is 710. The molecule has 0 radical (unpaired) electrons. The van der Waals surface area contributed by atoms with Gasteiger partial charge in [-0.15, -0.1) is 10.2 Å². The molecule has 2 aromatic heterocycles. The molecule has 0 bridgehead atoms. The fourth-order valence-corrected chi connectivity index (χ4v) is 2.19. The van der Waals surface area contributed by atoms with Gasteiger partial charge in [0.1, 0.15) is 5.69 Å². The fraction of sp³-hybridized carbons (Fsp3) is 0.188. The minimum absolute atomic E-state index is 0.843. The topological polar surface area (TPSA) is 50.7 Å². The predicted octanol–water partition coefficient (Wildman–Crippen LogP) is 3.51. The van der Waals surface area contributed by atoms with Crippen LogP contribution in [-0.2, 0) is 0 Å². The van der Waals surface area contributed by atoms with Crippen LogP contribution in [0.2, 0.25) is 0 Å².